The van der Waals surface area contributed by atoms with Crippen LogP contribution in [0, 0.1) is 11.3 Å². The summed E-state index contributed by atoms with van der Waals surface area (Å²) in [5.41, 5.74) is 0.414. The molecule has 0 saturated heterocycles. The molecule has 0 saturated carbocycles. The molecular formula is C11H10ClNO3. The van der Waals surface area contributed by atoms with E-state index >= 15 is 0 Å². The summed E-state index contributed by atoms with van der Waals surface area (Å²) in [7, 11) is 0. The molecule has 2 rings (SSSR count). The molecule has 1 unspecified atom stereocenters. The van der Waals surface area contributed by atoms with Crippen LogP contribution in [0.3, 0.4) is 0 Å². The van der Waals surface area contributed by atoms with Gasteiger partial charge in [-0.15, -0.1) is 0 Å². The van der Waals surface area contributed by atoms with Crippen molar-refractivity contribution in [3.8, 4) is 17.6 Å². The number of rotatable bonds is 1. The molecule has 84 valence electrons. The van der Waals surface area contributed by atoms with Crippen molar-refractivity contribution < 1.29 is 14.6 Å². The summed E-state index contributed by atoms with van der Waals surface area (Å²) >= 11 is 6.00. The molecule has 1 aromatic rings. The lowest BCUT2D eigenvalue weighted by atomic mass is 10.1. The van der Waals surface area contributed by atoms with Crippen LogP contribution in [0.2, 0.25) is 5.02 Å². The van der Waals surface area contributed by atoms with Gasteiger partial charge < -0.3 is 14.6 Å². The fourth-order valence-electron chi connectivity index (χ4n) is 1.48. The molecule has 0 bridgehead atoms. The lowest BCUT2D eigenvalue weighted by Gasteiger charge is -2.11. The number of benzene rings is 1. The molecule has 0 aliphatic carbocycles. The zero-order valence-corrected chi connectivity index (χ0v) is 9.20. The Balaban J connectivity index is 2.44. The molecule has 0 spiro atoms. The molecule has 1 aromatic carbocycles. The monoisotopic (exact) mass is 239 g/mol. The van der Waals surface area contributed by atoms with Crippen molar-refractivity contribution in [3.63, 3.8) is 0 Å². The van der Waals surface area contributed by atoms with E-state index in [0.29, 0.717) is 35.3 Å². The summed E-state index contributed by atoms with van der Waals surface area (Å²) in [6.45, 7) is 1.09. The third kappa shape index (κ3) is 2.06. The van der Waals surface area contributed by atoms with Crippen LogP contribution in [-0.2, 0) is 0 Å². The van der Waals surface area contributed by atoms with Crippen molar-refractivity contribution in [3.05, 3.63) is 22.7 Å². The van der Waals surface area contributed by atoms with E-state index in [0.717, 1.165) is 6.42 Å². The fourth-order valence-corrected chi connectivity index (χ4v) is 1.76. The van der Waals surface area contributed by atoms with Gasteiger partial charge in [0.2, 0.25) is 0 Å². The first kappa shape index (κ1) is 11.1. The van der Waals surface area contributed by atoms with Crippen molar-refractivity contribution in [2.45, 2.75) is 12.5 Å². The number of nitrogens with zero attached hydrogens (tertiary/aromatic N) is 1. The molecule has 4 nitrogen and oxygen atoms in total. The molecular weight excluding hydrogens is 230 g/mol. The van der Waals surface area contributed by atoms with Gasteiger partial charge in [0.1, 0.15) is 0 Å². The van der Waals surface area contributed by atoms with Gasteiger partial charge in [-0.2, -0.15) is 5.26 Å². The van der Waals surface area contributed by atoms with Crippen LogP contribution in [0.4, 0.5) is 0 Å². The largest absolute Gasteiger partial charge is 0.489 e. The number of ether oxygens (including phenoxy) is 2. The average Bonchev–Trinajstić information content (AvgIpc) is 2.53. The Morgan fingerprint density at radius 2 is 2.12 bits per heavy atom. The molecule has 16 heavy (non-hydrogen) atoms. The molecule has 1 atom stereocenters. The van der Waals surface area contributed by atoms with E-state index in [1.165, 1.54) is 6.07 Å². The number of aliphatic hydroxyl groups excluding tert-OH is 1. The topological polar surface area (TPSA) is 62.5 Å². The zero-order valence-electron chi connectivity index (χ0n) is 8.44. The standard InChI is InChI=1S/C11H10ClNO3/c12-8-4-7(9(14)6-13)5-10-11(8)16-3-1-2-15-10/h4-5,9,14H,1-3H2. The number of fused-ring (bicyclic) bond motifs is 1. The Hall–Kier alpha value is -1.44. The molecule has 5 heteroatoms. The third-order valence-electron chi connectivity index (χ3n) is 2.26. The van der Waals surface area contributed by atoms with Crippen LogP contribution in [0.1, 0.15) is 18.1 Å². The number of hydrogen-bond donors (Lipinski definition) is 1. The second-order valence-electron chi connectivity index (χ2n) is 3.41. The minimum atomic E-state index is -1.20. The van der Waals surface area contributed by atoms with Crippen molar-refractivity contribution in [1.29, 1.82) is 5.26 Å². The zero-order chi connectivity index (χ0) is 11.5. The molecule has 0 fully saturated rings. The maximum atomic E-state index is 9.41. The molecule has 1 N–H and O–H groups in total. The summed E-state index contributed by atoms with van der Waals surface area (Å²) in [5.74, 6) is 0.961. The second kappa shape index (κ2) is 4.60. The average molecular weight is 240 g/mol. The highest BCUT2D eigenvalue weighted by atomic mass is 35.5. The molecule has 0 aromatic heterocycles. The maximum absolute atomic E-state index is 9.41. The summed E-state index contributed by atoms with van der Waals surface area (Å²) < 4.78 is 10.9. The lowest BCUT2D eigenvalue weighted by Crippen LogP contribution is -1.98. The van der Waals surface area contributed by atoms with Crippen LogP contribution in [0.5, 0.6) is 11.5 Å². The van der Waals surface area contributed by atoms with Crippen molar-refractivity contribution in [2.24, 2.45) is 0 Å². The number of aliphatic hydroxyl groups is 1. The highest BCUT2D eigenvalue weighted by Gasteiger charge is 2.18. The predicted octanol–water partition coefficient (Wildman–Crippen LogP) is 2.06. The van der Waals surface area contributed by atoms with Crippen molar-refractivity contribution in [2.75, 3.05) is 13.2 Å². The van der Waals surface area contributed by atoms with E-state index in [4.69, 9.17) is 26.3 Å². The maximum Gasteiger partial charge on any atom is 0.179 e. The second-order valence-corrected chi connectivity index (χ2v) is 3.82. The SMILES string of the molecule is N#CC(O)c1cc(Cl)c2c(c1)OCCCO2. The van der Waals surface area contributed by atoms with Gasteiger partial charge in [-0.05, 0) is 12.1 Å². The van der Waals surface area contributed by atoms with E-state index in [2.05, 4.69) is 0 Å². The van der Waals surface area contributed by atoms with E-state index in [1.807, 2.05) is 0 Å². The van der Waals surface area contributed by atoms with Crippen LogP contribution < -0.4 is 9.47 Å². The minimum Gasteiger partial charge on any atom is -0.489 e. The normalized spacial score (nSPS) is 16.1. The van der Waals surface area contributed by atoms with E-state index < -0.39 is 6.10 Å². The number of hydrogen-bond acceptors (Lipinski definition) is 4. The Labute approximate surface area is 98.0 Å². The highest BCUT2D eigenvalue weighted by Crippen LogP contribution is 2.39. The number of halogens is 1. The number of nitriles is 1. The molecule has 1 aliphatic heterocycles. The van der Waals surface area contributed by atoms with Gasteiger partial charge >= 0.3 is 0 Å². The molecule has 0 radical (unpaired) electrons. The third-order valence-corrected chi connectivity index (χ3v) is 2.54. The Morgan fingerprint density at radius 1 is 1.38 bits per heavy atom. The fraction of sp³-hybridized carbons (Fsp3) is 0.364. The molecule has 1 heterocycles. The smallest absolute Gasteiger partial charge is 0.179 e. The van der Waals surface area contributed by atoms with Crippen molar-refractivity contribution >= 4 is 11.6 Å². The summed E-state index contributed by atoms with van der Waals surface area (Å²) in [6, 6.07) is 4.83. The molecule has 0 amide bonds. The van der Waals surface area contributed by atoms with Crippen LogP contribution in [0.15, 0.2) is 12.1 Å². The minimum absolute atomic E-state index is 0.351. The van der Waals surface area contributed by atoms with Gasteiger partial charge in [0.15, 0.2) is 17.6 Å². The summed E-state index contributed by atoms with van der Waals surface area (Å²) in [5, 5.41) is 18.4. The Kier molecular flexibility index (Phi) is 3.18. The van der Waals surface area contributed by atoms with Gasteiger partial charge in [-0.3, -0.25) is 0 Å². The van der Waals surface area contributed by atoms with Gasteiger partial charge in [-0.1, -0.05) is 11.6 Å². The first-order chi connectivity index (χ1) is 7.72. The molecule has 1 aliphatic rings. The van der Waals surface area contributed by atoms with Crippen LogP contribution >= 0.6 is 11.6 Å². The Bertz CT molecular complexity index is 442. The van der Waals surface area contributed by atoms with E-state index in [1.54, 1.807) is 12.1 Å². The first-order valence-electron chi connectivity index (χ1n) is 4.89. The lowest BCUT2D eigenvalue weighted by molar-refractivity contribution is 0.235. The predicted molar refractivity (Wildman–Crippen MR) is 57.6 cm³/mol. The quantitative estimate of drug-likeness (QED) is 0.762. The van der Waals surface area contributed by atoms with E-state index in [-0.39, 0.29) is 0 Å². The Morgan fingerprint density at radius 3 is 2.88 bits per heavy atom. The van der Waals surface area contributed by atoms with Crippen LogP contribution in [0.25, 0.3) is 0 Å². The van der Waals surface area contributed by atoms with Crippen LogP contribution in [-0.4, -0.2) is 18.3 Å². The van der Waals surface area contributed by atoms with Gasteiger partial charge in [0.05, 0.1) is 24.3 Å². The van der Waals surface area contributed by atoms with Gasteiger partial charge in [-0.25, -0.2) is 0 Å². The summed E-state index contributed by atoms with van der Waals surface area (Å²) in [6.07, 6.45) is -0.420. The highest BCUT2D eigenvalue weighted by molar-refractivity contribution is 6.32. The van der Waals surface area contributed by atoms with Gasteiger partial charge in [0, 0.05) is 12.0 Å². The first-order valence-corrected chi connectivity index (χ1v) is 5.27. The van der Waals surface area contributed by atoms with E-state index in [9.17, 15) is 5.11 Å². The van der Waals surface area contributed by atoms with Gasteiger partial charge in [0.25, 0.3) is 0 Å². The van der Waals surface area contributed by atoms with Crippen molar-refractivity contribution in [1.82, 2.24) is 0 Å². The summed E-state index contributed by atoms with van der Waals surface area (Å²) in [4.78, 5) is 0.